The molecule has 0 saturated carbocycles. The minimum atomic E-state index is -3.55. The zero-order chi connectivity index (χ0) is 19.0. The van der Waals surface area contributed by atoms with Crippen LogP contribution in [-0.2, 0) is 10.0 Å². The van der Waals surface area contributed by atoms with Crippen LogP contribution < -0.4 is 10.6 Å². The van der Waals surface area contributed by atoms with E-state index in [2.05, 4.69) is 10.6 Å². The molecule has 2 N–H and O–H groups in total. The van der Waals surface area contributed by atoms with Gasteiger partial charge in [-0.15, -0.1) is 0 Å². The summed E-state index contributed by atoms with van der Waals surface area (Å²) in [5, 5.41) is 6.70. The molecule has 7 heteroatoms. The van der Waals surface area contributed by atoms with Crippen molar-refractivity contribution < 1.29 is 13.2 Å². The van der Waals surface area contributed by atoms with Crippen molar-refractivity contribution in [1.82, 2.24) is 14.9 Å². The second-order valence-corrected chi connectivity index (χ2v) is 10.1. The van der Waals surface area contributed by atoms with Gasteiger partial charge in [0, 0.05) is 36.8 Å². The van der Waals surface area contributed by atoms with Gasteiger partial charge in [-0.3, -0.25) is 4.79 Å². The number of carbonyl (C=O) groups is 1. The van der Waals surface area contributed by atoms with E-state index in [1.807, 2.05) is 0 Å². The Morgan fingerprint density at radius 3 is 2.44 bits per heavy atom. The Kier molecular flexibility index (Phi) is 5.27. The molecule has 2 atom stereocenters. The first kappa shape index (κ1) is 18.9. The largest absolute Gasteiger partial charge is 0.349 e. The number of aryl methyl sites for hydroxylation is 1. The molecule has 0 aliphatic carbocycles. The molecule has 0 aromatic heterocycles. The van der Waals surface area contributed by atoms with Crippen molar-refractivity contribution in [3.05, 3.63) is 29.3 Å². The molecule has 1 aromatic rings. The summed E-state index contributed by atoms with van der Waals surface area (Å²) in [6.07, 6.45) is 7.14. The van der Waals surface area contributed by atoms with E-state index in [0.717, 1.165) is 32.1 Å². The fourth-order valence-corrected chi connectivity index (χ4v) is 6.48. The Morgan fingerprint density at radius 1 is 1.11 bits per heavy atom. The maximum atomic E-state index is 13.1. The number of hydrogen-bond acceptors (Lipinski definition) is 4. The van der Waals surface area contributed by atoms with Crippen molar-refractivity contribution in [2.45, 2.75) is 74.9 Å². The zero-order valence-electron chi connectivity index (χ0n) is 15.9. The standard InChI is InChI=1S/C20H29N3O3S/c1-14-5-6-15(11-19(14)27(25,26)23-9-3-2-4-10-23)20(24)22-18-12-16-7-8-17(13-18)21-16/h5-6,11,16-18,21H,2-4,7-10,12-13H2,1H3,(H,22,24). The summed E-state index contributed by atoms with van der Waals surface area (Å²) < 4.78 is 27.7. The Morgan fingerprint density at radius 2 is 1.78 bits per heavy atom. The predicted octanol–water partition coefficient (Wildman–Crippen LogP) is 2.18. The lowest BCUT2D eigenvalue weighted by molar-refractivity contribution is 0.0923. The minimum absolute atomic E-state index is 0.166. The fourth-order valence-electron chi connectivity index (χ4n) is 4.71. The number of carbonyl (C=O) groups excluding carboxylic acids is 1. The van der Waals surface area contributed by atoms with Gasteiger partial charge in [0.25, 0.3) is 5.91 Å². The van der Waals surface area contributed by atoms with E-state index in [0.29, 0.717) is 36.3 Å². The molecular formula is C20H29N3O3S. The van der Waals surface area contributed by atoms with E-state index >= 15 is 0 Å². The van der Waals surface area contributed by atoms with E-state index in [9.17, 15) is 13.2 Å². The number of hydrogen-bond donors (Lipinski definition) is 2. The normalized spacial score (nSPS) is 28.9. The third-order valence-electron chi connectivity index (χ3n) is 6.19. The molecule has 3 fully saturated rings. The highest BCUT2D eigenvalue weighted by molar-refractivity contribution is 7.89. The fraction of sp³-hybridized carbons (Fsp3) is 0.650. The highest BCUT2D eigenvalue weighted by Crippen LogP contribution is 2.28. The molecule has 0 spiro atoms. The zero-order valence-corrected chi connectivity index (χ0v) is 16.7. The number of nitrogens with one attached hydrogen (secondary N) is 2. The molecule has 3 heterocycles. The molecule has 27 heavy (non-hydrogen) atoms. The molecule has 6 nitrogen and oxygen atoms in total. The highest BCUT2D eigenvalue weighted by Gasteiger charge is 2.34. The lowest BCUT2D eigenvalue weighted by Gasteiger charge is -2.30. The predicted molar refractivity (Wildman–Crippen MR) is 104 cm³/mol. The van der Waals surface area contributed by atoms with E-state index in [1.54, 1.807) is 29.4 Å². The quantitative estimate of drug-likeness (QED) is 0.825. The first-order valence-corrected chi connectivity index (χ1v) is 11.6. The van der Waals surface area contributed by atoms with Crippen molar-refractivity contribution in [3.63, 3.8) is 0 Å². The number of sulfonamides is 1. The first-order chi connectivity index (χ1) is 12.9. The SMILES string of the molecule is Cc1ccc(C(=O)NC2CC3CCC(C2)N3)cc1S(=O)(=O)N1CCCCC1. The van der Waals surface area contributed by atoms with Crippen molar-refractivity contribution in [3.8, 4) is 0 Å². The van der Waals surface area contributed by atoms with Crippen molar-refractivity contribution in [2.24, 2.45) is 0 Å². The van der Waals surface area contributed by atoms with Crippen LogP contribution in [-0.4, -0.2) is 49.8 Å². The maximum Gasteiger partial charge on any atom is 0.251 e. The van der Waals surface area contributed by atoms with Gasteiger partial charge in [-0.2, -0.15) is 4.31 Å². The minimum Gasteiger partial charge on any atom is -0.349 e. The molecule has 2 unspecified atom stereocenters. The van der Waals surface area contributed by atoms with E-state index < -0.39 is 10.0 Å². The average Bonchev–Trinajstić information content (AvgIpc) is 3.01. The van der Waals surface area contributed by atoms with E-state index in [-0.39, 0.29) is 16.8 Å². The molecular weight excluding hydrogens is 362 g/mol. The molecule has 3 aliphatic rings. The molecule has 3 aliphatic heterocycles. The van der Waals surface area contributed by atoms with Crippen molar-refractivity contribution >= 4 is 15.9 Å². The van der Waals surface area contributed by atoms with Crippen LogP contribution in [0.5, 0.6) is 0 Å². The van der Waals surface area contributed by atoms with Crippen LogP contribution in [0.15, 0.2) is 23.1 Å². The smallest absolute Gasteiger partial charge is 0.251 e. The van der Waals surface area contributed by atoms with Gasteiger partial charge in [0.1, 0.15) is 0 Å². The number of amides is 1. The summed E-state index contributed by atoms with van der Waals surface area (Å²) in [7, 11) is -3.55. The molecule has 4 rings (SSSR count). The number of rotatable bonds is 4. The monoisotopic (exact) mass is 391 g/mol. The van der Waals surface area contributed by atoms with Gasteiger partial charge >= 0.3 is 0 Å². The number of benzene rings is 1. The topological polar surface area (TPSA) is 78.5 Å². The number of piperidine rings is 2. The van der Waals surface area contributed by atoms with E-state index in [1.165, 1.54) is 12.8 Å². The second kappa shape index (κ2) is 7.53. The lowest BCUT2D eigenvalue weighted by Crippen LogP contribution is -2.48. The van der Waals surface area contributed by atoms with Crippen LogP contribution in [0.4, 0.5) is 0 Å². The van der Waals surface area contributed by atoms with Crippen LogP contribution >= 0.6 is 0 Å². The molecule has 1 aromatic carbocycles. The van der Waals surface area contributed by atoms with Crippen LogP contribution in [0.3, 0.4) is 0 Å². The molecule has 148 valence electrons. The Balaban J connectivity index is 1.52. The van der Waals surface area contributed by atoms with Crippen molar-refractivity contribution in [2.75, 3.05) is 13.1 Å². The lowest BCUT2D eigenvalue weighted by atomic mass is 9.99. The molecule has 3 saturated heterocycles. The average molecular weight is 392 g/mol. The van der Waals surface area contributed by atoms with Gasteiger partial charge < -0.3 is 10.6 Å². The van der Waals surface area contributed by atoms with Crippen LogP contribution in [0, 0.1) is 6.92 Å². The summed E-state index contributed by atoms with van der Waals surface area (Å²) >= 11 is 0. The number of fused-ring (bicyclic) bond motifs is 2. The summed E-state index contributed by atoms with van der Waals surface area (Å²) in [5.74, 6) is -0.170. The second-order valence-electron chi connectivity index (χ2n) is 8.22. The van der Waals surface area contributed by atoms with Gasteiger partial charge in [0.15, 0.2) is 0 Å². The van der Waals surface area contributed by atoms with Crippen LogP contribution in [0.25, 0.3) is 0 Å². The Hall–Kier alpha value is -1.44. The summed E-state index contributed by atoms with van der Waals surface area (Å²) in [6, 6.07) is 6.21. The molecule has 2 bridgehead atoms. The van der Waals surface area contributed by atoms with Gasteiger partial charge in [0.2, 0.25) is 10.0 Å². The summed E-state index contributed by atoms with van der Waals surface area (Å²) in [5.41, 5.74) is 1.12. The Bertz CT molecular complexity index is 806. The summed E-state index contributed by atoms with van der Waals surface area (Å²) in [4.78, 5) is 13.0. The van der Waals surface area contributed by atoms with E-state index in [4.69, 9.17) is 0 Å². The third-order valence-corrected chi connectivity index (χ3v) is 8.23. The Labute approximate surface area is 161 Å². The third kappa shape index (κ3) is 3.91. The molecule has 0 radical (unpaired) electrons. The van der Waals surface area contributed by atoms with Crippen molar-refractivity contribution in [1.29, 1.82) is 0 Å². The maximum absolute atomic E-state index is 13.1. The van der Waals surface area contributed by atoms with Crippen LogP contribution in [0.1, 0.15) is 60.9 Å². The van der Waals surface area contributed by atoms with Gasteiger partial charge in [-0.25, -0.2) is 8.42 Å². The summed E-state index contributed by atoms with van der Waals surface area (Å²) in [6.45, 7) is 2.93. The first-order valence-electron chi connectivity index (χ1n) is 10.1. The van der Waals surface area contributed by atoms with Gasteiger partial charge in [0.05, 0.1) is 4.90 Å². The van der Waals surface area contributed by atoms with Gasteiger partial charge in [-0.05, 0) is 63.1 Å². The molecule has 1 amide bonds. The number of nitrogens with zero attached hydrogens (tertiary/aromatic N) is 1. The highest BCUT2D eigenvalue weighted by atomic mass is 32.2. The van der Waals surface area contributed by atoms with Crippen LogP contribution in [0.2, 0.25) is 0 Å². The van der Waals surface area contributed by atoms with Gasteiger partial charge in [-0.1, -0.05) is 12.5 Å².